The second-order valence-corrected chi connectivity index (χ2v) is 8.59. The van der Waals surface area contributed by atoms with Crippen LogP contribution in [0.4, 0.5) is 4.39 Å². The minimum atomic E-state index is -4.04. The van der Waals surface area contributed by atoms with Crippen LogP contribution in [-0.2, 0) is 26.1 Å². The second-order valence-electron chi connectivity index (χ2n) is 6.22. The summed E-state index contributed by atoms with van der Waals surface area (Å²) in [5.41, 5.74) is 0.175. The van der Waals surface area contributed by atoms with Crippen LogP contribution in [0.25, 0.3) is 0 Å². The molecule has 158 valence electrons. The fourth-order valence-electron chi connectivity index (χ4n) is 2.56. The van der Waals surface area contributed by atoms with Crippen molar-refractivity contribution in [3.63, 3.8) is 0 Å². The van der Waals surface area contributed by atoms with Crippen molar-refractivity contribution in [2.75, 3.05) is 26.3 Å². The summed E-state index contributed by atoms with van der Waals surface area (Å²) in [7, 11) is -4.04. The fraction of sp³-hybridized carbons (Fsp3) is 0.350. The van der Waals surface area contributed by atoms with E-state index < -0.39 is 28.3 Å². The maximum atomic E-state index is 14.1. The Balaban J connectivity index is 2.18. The minimum absolute atomic E-state index is 0.0256. The zero-order chi connectivity index (χ0) is 21.3. The standard InChI is InChI=1S/C20H24ClFN2O4S/c1-2-28-13-5-12-23-20(25)15-24(14-16-6-3-4-7-19(16)22)29(26,27)18-10-8-17(21)9-11-18/h3-4,6-11H,2,5,12-15H2,1H3,(H,23,25). The van der Waals surface area contributed by atoms with Gasteiger partial charge in [-0.15, -0.1) is 0 Å². The largest absolute Gasteiger partial charge is 0.382 e. The van der Waals surface area contributed by atoms with E-state index in [4.69, 9.17) is 16.3 Å². The average Bonchev–Trinajstić information content (AvgIpc) is 2.69. The van der Waals surface area contributed by atoms with Gasteiger partial charge in [0.25, 0.3) is 0 Å². The molecule has 2 aromatic rings. The number of nitrogens with zero attached hydrogens (tertiary/aromatic N) is 1. The van der Waals surface area contributed by atoms with Crippen LogP contribution in [0.1, 0.15) is 18.9 Å². The Labute approximate surface area is 175 Å². The number of sulfonamides is 1. The van der Waals surface area contributed by atoms with Crippen LogP contribution >= 0.6 is 11.6 Å². The van der Waals surface area contributed by atoms with E-state index >= 15 is 0 Å². The molecule has 0 aromatic heterocycles. The summed E-state index contributed by atoms with van der Waals surface area (Å²) < 4.78 is 46.4. The van der Waals surface area contributed by atoms with E-state index in [0.717, 1.165) is 4.31 Å². The molecule has 0 saturated carbocycles. The molecule has 0 aliphatic carbocycles. The van der Waals surface area contributed by atoms with Crippen LogP contribution in [0.2, 0.25) is 5.02 Å². The first kappa shape index (κ1) is 23.3. The summed E-state index contributed by atoms with van der Waals surface area (Å²) in [6, 6.07) is 11.5. The molecule has 0 spiro atoms. The number of carbonyl (C=O) groups excluding carboxylic acids is 1. The van der Waals surface area contributed by atoms with E-state index in [2.05, 4.69) is 5.32 Å². The molecule has 2 aromatic carbocycles. The van der Waals surface area contributed by atoms with Gasteiger partial charge in [-0.25, -0.2) is 12.8 Å². The lowest BCUT2D eigenvalue weighted by Crippen LogP contribution is -2.40. The van der Waals surface area contributed by atoms with Gasteiger partial charge in [-0.1, -0.05) is 29.8 Å². The number of hydrogen-bond donors (Lipinski definition) is 1. The van der Waals surface area contributed by atoms with Crippen molar-refractivity contribution in [2.45, 2.75) is 24.8 Å². The van der Waals surface area contributed by atoms with Crippen molar-refractivity contribution in [1.82, 2.24) is 9.62 Å². The van der Waals surface area contributed by atoms with Crippen LogP contribution in [0.15, 0.2) is 53.4 Å². The number of ether oxygens (including phenoxy) is 1. The van der Waals surface area contributed by atoms with Crippen molar-refractivity contribution < 1.29 is 22.3 Å². The molecule has 0 fully saturated rings. The maximum Gasteiger partial charge on any atom is 0.243 e. The summed E-state index contributed by atoms with van der Waals surface area (Å²) in [5.74, 6) is -1.02. The highest BCUT2D eigenvalue weighted by atomic mass is 35.5. The van der Waals surface area contributed by atoms with Gasteiger partial charge in [0, 0.05) is 36.9 Å². The van der Waals surface area contributed by atoms with Crippen LogP contribution in [0.5, 0.6) is 0 Å². The molecule has 2 rings (SSSR count). The van der Waals surface area contributed by atoms with E-state index in [1.54, 1.807) is 6.07 Å². The van der Waals surface area contributed by atoms with Crippen molar-refractivity contribution in [2.24, 2.45) is 0 Å². The van der Waals surface area contributed by atoms with Gasteiger partial charge in [-0.3, -0.25) is 4.79 Å². The molecule has 0 saturated heterocycles. The van der Waals surface area contributed by atoms with E-state index in [0.29, 0.717) is 31.2 Å². The van der Waals surface area contributed by atoms with Crippen LogP contribution in [0, 0.1) is 5.82 Å². The first-order valence-corrected chi connectivity index (χ1v) is 11.0. The van der Waals surface area contributed by atoms with Gasteiger partial charge in [-0.05, 0) is 43.7 Å². The average molecular weight is 443 g/mol. The molecule has 9 heteroatoms. The lowest BCUT2D eigenvalue weighted by atomic mass is 10.2. The SMILES string of the molecule is CCOCCCNC(=O)CN(Cc1ccccc1F)S(=O)(=O)c1ccc(Cl)cc1. The van der Waals surface area contributed by atoms with Crippen molar-refractivity contribution in [3.8, 4) is 0 Å². The van der Waals surface area contributed by atoms with Gasteiger partial charge in [0.15, 0.2) is 0 Å². The van der Waals surface area contributed by atoms with Crippen LogP contribution in [0.3, 0.4) is 0 Å². The number of carbonyl (C=O) groups is 1. The quantitative estimate of drug-likeness (QED) is 0.542. The molecule has 1 N–H and O–H groups in total. The number of hydrogen-bond acceptors (Lipinski definition) is 4. The highest BCUT2D eigenvalue weighted by Crippen LogP contribution is 2.21. The summed E-state index contributed by atoms with van der Waals surface area (Å²) in [5, 5.41) is 3.05. The van der Waals surface area contributed by atoms with E-state index in [-0.39, 0.29) is 17.0 Å². The molecule has 0 radical (unpaired) electrons. The summed E-state index contributed by atoms with van der Waals surface area (Å²) >= 11 is 5.84. The van der Waals surface area contributed by atoms with E-state index in [9.17, 15) is 17.6 Å². The Morgan fingerprint density at radius 3 is 2.52 bits per heavy atom. The molecule has 0 atom stereocenters. The molecule has 0 aliphatic heterocycles. The van der Waals surface area contributed by atoms with E-state index in [1.165, 1.54) is 42.5 Å². The van der Waals surface area contributed by atoms with Crippen LogP contribution < -0.4 is 5.32 Å². The number of benzene rings is 2. The Kier molecular flexibility index (Phi) is 9.03. The molecule has 0 bridgehead atoms. The monoisotopic (exact) mass is 442 g/mol. The minimum Gasteiger partial charge on any atom is -0.382 e. The number of rotatable bonds is 11. The zero-order valence-corrected chi connectivity index (χ0v) is 17.7. The Hall–Kier alpha value is -2.00. The third-order valence-electron chi connectivity index (χ3n) is 4.07. The predicted octanol–water partition coefficient (Wildman–Crippen LogP) is 3.21. The Bertz CT molecular complexity index is 907. The molecule has 0 unspecified atom stereocenters. The molecule has 0 aliphatic rings. The van der Waals surface area contributed by atoms with Crippen LogP contribution in [-0.4, -0.2) is 44.9 Å². The first-order chi connectivity index (χ1) is 13.8. The van der Waals surface area contributed by atoms with Gasteiger partial charge in [0.2, 0.25) is 15.9 Å². The molecule has 29 heavy (non-hydrogen) atoms. The van der Waals surface area contributed by atoms with Gasteiger partial charge in [-0.2, -0.15) is 4.31 Å². The Morgan fingerprint density at radius 1 is 1.17 bits per heavy atom. The third-order valence-corrected chi connectivity index (χ3v) is 6.13. The normalized spacial score (nSPS) is 11.6. The van der Waals surface area contributed by atoms with Crippen molar-refractivity contribution >= 4 is 27.5 Å². The lowest BCUT2D eigenvalue weighted by molar-refractivity contribution is -0.121. The highest BCUT2D eigenvalue weighted by Gasteiger charge is 2.27. The third kappa shape index (κ3) is 7.08. The number of halogens is 2. The van der Waals surface area contributed by atoms with Gasteiger partial charge in [0.1, 0.15) is 5.82 Å². The number of amides is 1. The predicted molar refractivity (Wildman–Crippen MR) is 110 cm³/mol. The highest BCUT2D eigenvalue weighted by molar-refractivity contribution is 7.89. The molecule has 0 heterocycles. The smallest absolute Gasteiger partial charge is 0.243 e. The Morgan fingerprint density at radius 2 is 1.86 bits per heavy atom. The molecular weight excluding hydrogens is 419 g/mol. The summed E-state index contributed by atoms with van der Waals surface area (Å²) in [6.45, 7) is 2.61. The molecular formula is C20H24ClFN2O4S. The second kappa shape index (κ2) is 11.3. The number of nitrogens with one attached hydrogen (secondary N) is 1. The van der Waals surface area contributed by atoms with Gasteiger partial charge >= 0.3 is 0 Å². The molecule has 1 amide bonds. The summed E-state index contributed by atoms with van der Waals surface area (Å²) in [4.78, 5) is 12.3. The zero-order valence-electron chi connectivity index (χ0n) is 16.1. The molecule has 6 nitrogen and oxygen atoms in total. The maximum absolute atomic E-state index is 14.1. The fourth-order valence-corrected chi connectivity index (χ4v) is 4.06. The van der Waals surface area contributed by atoms with Crippen molar-refractivity contribution in [3.05, 3.63) is 64.9 Å². The first-order valence-electron chi connectivity index (χ1n) is 9.18. The lowest BCUT2D eigenvalue weighted by Gasteiger charge is -2.22. The van der Waals surface area contributed by atoms with Gasteiger partial charge in [0.05, 0.1) is 11.4 Å². The van der Waals surface area contributed by atoms with E-state index in [1.807, 2.05) is 6.92 Å². The van der Waals surface area contributed by atoms with Crippen molar-refractivity contribution in [1.29, 1.82) is 0 Å². The summed E-state index contributed by atoms with van der Waals surface area (Å²) in [6.07, 6.45) is 0.608. The topological polar surface area (TPSA) is 75.7 Å². The van der Waals surface area contributed by atoms with Gasteiger partial charge < -0.3 is 10.1 Å².